The highest BCUT2D eigenvalue weighted by Crippen LogP contribution is 2.25. The maximum atomic E-state index is 14.6. The zero-order chi connectivity index (χ0) is 23.5. The first kappa shape index (κ1) is 21.9. The van der Waals surface area contributed by atoms with E-state index in [9.17, 15) is 4.39 Å². The fraction of sp³-hybridized carbons (Fsp3) is 0.292. The number of aromatic nitrogens is 5. The highest BCUT2D eigenvalue weighted by Gasteiger charge is 2.16. The summed E-state index contributed by atoms with van der Waals surface area (Å²) in [6, 6.07) is 7.36. The Hall–Kier alpha value is -3.94. The van der Waals surface area contributed by atoms with Crippen LogP contribution in [-0.4, -0.2) is 66.9 Å². The fourth-order valence-electron chi connectivity index (χ4n) is 4.05. The molecule has 0 aliphatic carbocycles. The van der Waals surface area contributed by atoms with E-state index in [-0.39, 0.29) is 11.6 Å². The molecule has 4 aromatic rings. The van der Waals surface area contributed by atoms with Gasteiger partial charge in [-0.3, -0.25) is 4.90 Å². The number of fused-ring (bicyclic) bond motifs is 1. The first-order valence-corrected chi connectivity index (χ1v) is 11.2. The number of rotatable bonds is 6. The molecule has 0 unspecified atom stereocenters. The Morgan fingerprint density at radius 3 is 2.56 bits per heavy atom. The molecule has 1 aliphatic rings. The Balaban J connectivity index is 1.30. The van der Waals surface area contributed by atoms with Crippen LogP contribution < -0.4 is 5.32 Å². The predicted octanol–water partition coefficient (Wildman–Crippen LogP) is 3.76. The van der Waals surface area contributed by atoms with Crippen molar-refractivity contribution in [1.29, 1.82) is 0 Å². The van der Waals surface area contributed by atoms with Gasteiger partial charge in [-0.05, 0) is 24.2 Å². The van der Waals surface area contributed by atoms with Crippen LogP contribution in [0.5, 0.6) is 0 Å². The number of nitrogens with one attached hydrogen (secondary N) is 1. The van der Waals surface area contributed by atoms with Crippen molar-refractivity contribution in [2.24, 2.45) is 0 Å². The monoisotopic (exact) mass is 457 g/mol. The number of nitrogens with zero attached hydrogens (tertiary/aromatic N) is 8. The lowest BCUT2D eigenvalue weighted by molar-refractivity contribution is 0.132. The van der Waals surface area contributed by atoms with E-state index >= 15 is 0 Å². The number of halogens is 1. The van der Waals surface area contributed by atoms with E-state index in [1.165, 1.54) is 6.20 Å². The third-order valence-electron chi connectivity index (χ3n) is 6.00. The van der Waals surface area contributed by atoms with Gasteiger partial charge in [0.25, 0.3) is 5.82 Å². The summed E-state index contributed by atoms with van der Waals surface area (Å²) in [6.45, 7) is 15.7. The topological polar surface area (TPSA) is 78.8 Å². The van der Waals surface area contributed by atoms with Gasteiger partial charge in [0, 0.05) is 50.6 Å². The van der Waals surface area contributed by atoms with E-state index in [0.29, 0.717) is 22.8 Å². The summed E-state index contributed by atoms with van der Waals surface area (Å²) in [5.74, 6) is 0.614. The van der Waals surface area contributed by atoms with Gasteiger partial charge in [0.05, 0.1) is 18.6 Å². The number of hydrogen-bond acceptors (Lipinski definition) is 7. The minimum Gasteiger partial charge on any atom is -0.362 e. The Kier molecular flexibility index (Phi) is 6.12. The molecule has 5 heterocycles. The molecule has 4 aromatic heterocycles. The van der Waals surface area contributed by atoms with E-state index in [0.717, 1.165) is 51.0 Å². The molecule has 5 rings (SSSR count). The van der Waals surface area contributed by atoms with Crippen LogP contribution >= 0.6 is 0 Å². The number of piperazine rings is 1. The molecule has 1 saturated heterocycles. The molecule has 1 fully saturated rings. The lowest BCUT2D eigenvalue weighted by Gasteiger charge is -2.33. The predicted molar refractivity (Wildman–Crippen MR) is 127 cm³/mol. The van der Waals surface area contributed by atoms with Crippen LogP contribution in [-0.2, 0) is 6.54 Å². The van der Waals surface area contributed by atoms with Crippen LogP contribution in [0.25, 0.3) is 21.7 Å². The van der Waals surface area contributed by atoms with E-state index in [2.05, 4.69) is 46.8 Å². The van der Waals surface area contributed by atoms with Crippen molar-refractivity contribution < 1.29 is 4.39 Å². The molecule has 10 heteroatoms. The van der Waals surface area contributed by atoms with Crippen LogP contribution in [0, 0.1) is 12.4 Å². The van der Waals surface area contributed by atoms with Crippen LogP contribution in [0.3, 0.4) is 0 Å². The Morgan fingerprint density at radius 1 is 1.00 bits per heavy atom. The van der Waals surface area contributed by atoms with E-state index in [1.54, 1.807) is 22.7 Å². The van der Waals surface area contributed by atoms with Crippen LogP contribution in [0.4, 0.5) is 22.0 Å². The van der Waals surface area contributed by atoms with Gasteiger partial charge in [0.2, 0.25) is 11.6 Å². The lowest BCUT2D eigenvalue weighted by Crippen LogP contribution is -2.45. The quantitative estimate of drug-likeness (QED) is 0.442. The van der Waals surface area contributed by atoms with Gasteiger partial charge < -0.3 is 15.1 Å². The molecular formula is C24H24FN9. The molecule has 9 nitrogen and oxygen atoms in total. The Morgan fingerprint density at radius 2 is 1.82 bits per heavy atom. The molecule has 1 aliphatic heterocycles. The Labute approximate surface area is 196 Å². The van der Waals surface area contributed by atoms with Gasteiger partial charge in [-0.25, -0.2) is 28.7 Å². The van der Waals surface area contributed by atoms with Crippen LogP contribution in [0.2, 0.25) is 0 Å². The standard InChI is InChI=1S/C24H24FN9/c1-3-32-8-10-33(11-9-32)15-17-4-6-20(27-12-17)30-24-29-13-19(25)23(31-24)18-5-7-21-28-14-22(26-2)34(21)16-18/h4-7,12-14,16H,3,8-11,15H2,1H3,(H,27,29,30,31). The molecule has 0 bridgehead atoms. The molecule has 0 spiro atoms. The maximum absolute atomic E-state index is 14.6. The summed E-state index contributed by atoms with van der Waals surface area (Å²) >= 11 is 0. The molecule has 0 amide bonds. The van der Waals surface area contributed by atoms with Crippen LogP contribution in [0.1, 0.15) is 12.5 Å². The molecule has 172 valence electrons. The highest BCUT2D eigenvalue weighted by atomic mass is 19.1. The first-order valence-electron chi connectivity index (χ1n) is 11.2. The SMILES string of the molecule is [C-]#[N+]c1cnc2ccc(-c3nc(Nc4ccc(CN5CCN(CC)CC5)cn4)ncc3F)cn12. The minimum absolute atomic E-state index is 0.131. The van der Waals surface area contributed by atoms with Crippen molar-refractivity contribution in [3.63, 3.8) is 0 Å². The summed E-state index contributed by atoms with van der Waals surface area (Å²) in [6.07, 6.45) is 6.11. The second-order valence-electron chi connectivity index (χ2n) is 8.15. The van der Waals surface area contributed by atoms with Gasteiger partial charge in [0.15, 0.2) is 5.82 Å². The molecule has 0 aromatic carbocycles. The van der Waals surface area contributed by atoms with Crippen molar-refractivity contribution in [2.75, 3.05) is 38.0 Å². The van der Waals surface area contributed by atoms with Crippen LogP contribution in [0.15, 0.2) is 49.1 Å². The van der Waals surface area contributed by atoms with E-state index in [1.807, 2.05) is 18.3 Å². The molecule has 34 heavy (non-hydrogen) atoms. The zero-order valence-electron chi connectivity index (χ0n) is 18.8. The summed E-state index contributed by atoms with van der Waals surface area (Å²) in [5, 5.41) is 3.05. The van der Waals surface area contributed by atoms with Crippen molar-refractivity contribution in [2.45, 2.75) is 13.5 Å². The third kappa shape index (κ3) is 4.57. The second kappa shape index (κ2) is 9.51. The van der Waals surface area contributed by atoms with E-state index < -0.39 is 5.82 Å². The lowest BCUT2D eigenvalue weighted by atomic mass is 10.2. The van der Waals surface area contributed by atoms with Gasteiger partial charge in [-0.1, -0.05) is 19.6 Å². The molecular weight excluding hydrogens is 433 g/mol. The zero-order valence-corrected chi connectivity index (χ0v) is 18.8. The average Bonchev–Trinajstić information content (AvgIpc) is 3.29. The van der Waals surface area contributed by atoms with Crippen molar-refractivity contribution in [1.82, 2.24) is 34.1 Å². The number of imidazole rings is 1. The summed E-state index contributed by atoms with van der Waals surface area (Å²) < 4.78 is 16.2. The van der Waals surface area contributed by atoms with Crippen molar-refractivity contribution in [3.05, 3.63) is 71.9 Å². The van der Waals surface area contributed by atoms with Gasteiger partial charge >= 0.3 is 0 Å². The smallest absolute Gasteiger partial charge is 0.254 e. The summed E-state index contributed by atoms with van der Waals surface area (Å²) in [4.78, 5) is 25.4. The number of pyridine rings is 2. The minimum atomic E-state index is -0.555. The van der Waals surface area contributed by atoms with Gasteiger partial charge in [-0.15, -0.1) is 0 Å². The number of hydrogen-bond donors (Lipinski definition) is 1. The highest BCUT2D eigenvalue weighted by molar-refractivity contribution is 5.65. The third-order valence-corrected chi connectivity index (χ3v) is 6.00. The van der Waals surface area contributed by atoms with Crippen molar-refractivity contribution in [3.8, 4) is 11.3 Å². The normalized spacial score (nSPS) is 14.9. The number of anilines is 2. The fourth-order valence-corrected chi connectivity index (χ4v) is 4.05. The first-order chi connectivity index (χ1) is 16.6. The number of likely N-dealkylation sites (N-methyl/N-ethyl adjacent to an activating group) is 1. The summed E-state index contributed by atoms with van der Waals surface area (Å²) in [7, 11) is 0. The molecule has 0 radical (unpaired) electrons. The molecule has 1 N–H and O–H groups in total. The van der Waals surface area contributed by atoms with Gasteiger partial charge in [0.1, 0.15) is 11.5 Å². The van der Waals surface area contributed by atoms with Crippen molar-refractivity contribution >= 4 is 23.2 Å². The largest absolute Gasteiger partial charge is 0.362 e. The van der Waals surface area contributed by atoms with Gasteiger partial charge in [-0.2, -0.15) is 0 Å². The van der Waals surface area contributed by atoms with E-state index in [4.69, 9.17) is 6.57 Å². The average molecular weight is 458 g/mol. The molecule has 0 atom stereocenters. The summed E-state index contributed by atoms with van der Waals surface area (Å²) in [5.41, 5.74) is 2.40. The maximum Gasteiger partial charge on any atom is 0.254 e. The second-order valence-corrected chi connectivity index (χ2v) is 8.15. The molecule has 0 saturated carbocycles. The Bertz CT molecular complexity index is 1340.